The lowest BCUT2D eigenvalue weighted by Crippen LogP contribution is -2.48. The van der Waals surface area contributed by atoms with Gasteiger partial charge in [-0.25, -0.2) is 9.78 Å². The number of anilines is 1. The van der Waals surface area contributed by atoms with Crippen LogP contribution in [0.15, 0.2) is 54.9 Å². The first kappa shape index (κ1) is 19.9. The topological polar surface area (TPSA) is 70.5 Å². The first-order valence-corrected chi connectivity index (χ1v) is 10.4. The highest BCUT2D eigenvalue weighted by Crippen LogP contribution is 2.26. The average Bonchev–Trinajstić information content (AvgIpc) is 3.22. The molecular formula is C23H27N5O2. The number of para-hydroxylation sites is 1. The second-order valence-corrected chi connectivity index (χ2v) is 7.57. The summed E-state index contributed by atoms with van der Waals surface area (Å²) >= 11 is 0. The smallest absolute Gasteiger partial charge is 0.327 e. The Balaban J connectivity index is 1.40. The van der Waals surface area contributed by atoms with Gasteiger partial charge in [0.25, 0.3) is 0 Å². The van der Waals surface area contributed by atoms with Crippen LogP contribution in [0.4, 0.5) is 10.5 Å². The van der Waals surface area contributed by atoms with E-state index in [1.54, 1.807) is 17.8 Å². The molecule has 0 aliphatic carbocycles. The summed E-state index contributed by atoms with van der Waals surface area (Å²) in [6.45, 7) is 5.15. The number of imidazole rings is 1. The number of aryl methyl sites for hydroxylation is 1. The second-order valence-electron chi connectivity index (χ2n) is 7.57. The molecule has 1 aliphatic rings. The van der Waals surface area contributed by atoms with Gasteiger partial charge in [0.05, 0.1) is 11.2 Å². The summed E-state index contributed by atoms with van der Waals surface area (Å²) in [5.41, 5.74) is 3.89. The normalized spacial score (nSPS) is 14.2. The van der Waals surface area contributed by atoms with Crippen LogP contribution < -0.4 is 10.2 Å². The maximum absolute atomic E-state index is 12.7. The van der Waals surface area contributed by atoms with Gasteiger partial charge in [-0.2, -0.15) is 0 Å². The molecule has 7 heteroatoms. The minimum Gasteiger partial charge on any atom is -0.366 e. The van der Waals surface area contributed by atoms with Crippen LogP contribution in [0.5, 0.6) is 0 Å². The summed E-state index contributed by atoms with van der Waals surface area (Å²) in [4.78, 5) is 32.9. The molecule has 1 N–H and O–H groups in total. The average molecular weight is 406 g/mol. The maximum atomic E-state index is 12.7. The molecule has 0 unspecified atom stereocenters. The summed E-state index contributed by atoms with van der Waals surface area (Å²) in [5, 5.41) is 2.99. The Labute approximate surface area is 176 Å². The third-order valence-electron chi connectivity index (χ3n) is 5.60. The molecule has 1 aliphatic heterocycles. The number of rotatable bonds is 5. The zero-order valence-corrected chi connectivity index (χ0v) is 17.3. The van der Waals surface area contributed by atoms with Crippen LogP contribution in [0.2, 0.25) is 0 Å². The SMILES string of the molecule is CC(=O)N1CCN(c2cccc3c2ncn3C(=O)NCCCc2ccccc2)CC1. The quantitative estimate of drug-likeness (QED) is 0.663. The Hall–Kier alpha value is -3.35. The molecule has 2 amide bonds. The zero-order valence-electron chi connectivity index (χ0n) is 17.3. The van der Waals surface area contributed by atoms with Crippen molar-refractivity contribution in [1.82, 2.24) is 19.8 Å². The molecule has 0 radical (unpaired) electrons. The van der Waals surface area contributed by atoms with Gasteiger partial charge in [0.15, 0.2) is 0 Å². The van der Waals surface area contributed by atoms with Crippen molar-refractivity contribution in [2.45, 2.75) is 19.8 Å². The van der Waals surface area contributed by atoms with Crippen LogP contribution in [-0.2, 0) is 11.2 Å². The van der Waals surface area contributed by atoms with E-state index >= 15 is 0 Å². The molecule has 0 saturated carbocycles. The van der Waals surface area contributed by atoms with Gasteiger partial charge in [0, 0.05) is 39.6 Å². The van der Waals surface area contributed by atoms with Crippen molar-refractivity contribution in [3.05, 3.63) is 60.4 Å². The van der Waals surface area contributed by atoms with Crippen LogP contribution >= 0.6 is 0 Å². The minimum absolute atomic E-state index is 0.112. The molecule has 2 aromatic carbocycles. The van der Waals surface area contributed by atoms with Gasteiger partial charge >= 0.3 is 6.03 Å². The summed E-state index contributed by atoms with van der Waals surface area (Å²) < 4.78 is 1.58. The first-order valence-electron chi connectivity index (χ1n) is 10.4. The van der Waals surface area contributed by atoms with E-state index in [0.717, 1.165) is 42.7 Å². The highest BCUT2D eigenvalue weighted by molar-refractivity contribution is 5.95. The Kier molecular flexibility index (Phi) is 5.97. The van der Waals surface area contributed by atoms with E-state index in [0.29, 0.717) is 19.6 Å². The van der Waals surface area contributed by atoms with E-state index in [2.05, 4.69) is 27.3 Å². The Morgan fingerprint density at radius 3 is 2.50 bits per heavy atom. The number of piperazine rings is 1. The van der Waals surface area contributed by atoms with Crippen molar-refractivity contribution in [2.24, 2.45) is 0 Å². The number of carbonyl (C=O) groups is 2. The lowest BCUT2D eigenvalue weighted by Gasteiger charge is -2.35. The summed E-state index contributed by atoms with van der Waals surface area (Å²) in [6.07, 6.45) is 3.41. The number of hydrogen-bond acceptors (Lipinski definition) is 4. The molecule has 30 heavy (non-hydrogen) atoms. The fraction of sp³-hybridized carbons (Fsp3) is 0.348. The van der Waals surface area contributed by atoms with Gasteiger partial charge in [0.1, 0.15) is 11.8 Å². The van der Waals surface area contributed by atoms with E-state index in [1.165, 1.54) is 5.56 Å². The number of carbonyl (C=O) groups excluding carboxylic acids is 2. The van der Waals surface area contributed by atoms with E-state index in [1.807, 2.05) is 41.3 Å². The highest BCUT2D eigenvalue weighted by atomic mass is 16.2. The minimum atomic E-state index is -0.163. The third kappa shape index (κ3) is 4.30. The lowest BCUT2D eigenvalue weighted by atomic mass is 10.1. The molecule has 3 aromatic rings. The number of hydrogen-bond donors (Lipinski definition) is 1. The molecule has 1 aromatic heterocycles. The van der Waals surface area contributed by atoms with E-state index in [-0.39, 0.29) is 11.9 Å². The summed E-state index contributed by atoms with van der Waals surface area (Å²) in [5.74, 6) is 0.112. The van der Waals surface area contributed by atoms with Gasteiger partial charge in [0.2, 0.25) is 5.91 Å². The van der Waals surface area contributed by atoms with E-state index in [4.69, 9.17) is 0 Å². The summed E-state index contributed by atoms with van der Waals surface area (Å²) in [6, 6.07) is 16.0. The fourth-order valence-corrected chi connectivity index (χ4v) is 3.92. The van der Waals surface area contributed by atoms with Crippen molar-refractivity contribution in [3.8, 4) is 0 Å². The van der Waals surface area contributed by atoms with Gasteiger partial charge in [-0.05, 0) is 30.5 Å². The number of aromatic nitrogens is 2. The van der Waals surface area contributed by atoms with Crippen LogP contribution in [0.3, 0.4) is 0 Å². The van der Waals surface area contributed by atoms with Crippen LogP contribution in [0.25, 0.3) is 11.0 Å². The predicted molar refractivity (Wildman–Crippen MR) is 118 cm³/mol. The van der Waals surface area contributed by atoms with Crippen molar-refractivity contribution >= 4 is 28.7 Å². The van der Waals surface area contributed by atoms with Gasteiger partial charge < -0.3 is 15.1 Å². The fourth-order valence-electron chi connectivity index (χ4n) is 3.92. The van der Waals surface area contributed by atoms with Gasteiger partial charge in [-0.1, -0.05) is 36.4 Å². The molecule has 1 saturated heterocycles. The Bertz CT molecular complexity index is 1020. The summed E-state index contributed by atoms with van der Waals surface area (Å²) in [7, 11) is 0. The van der Waals surface area contributed by atoms with Gasteiger partial charge in [-0.3, -0.25) is 9.36 Å². The molecule has 156 valence electrons. The third-order valence-corrected chi connectivity index (χ3v) is 5.60. The number of amides is 2. The number of fused-ring (bicyclic) bond motifs is 1. The van der Waals surface area contributed by atoms with Gasteiger partial charge in [-0.15, -0.1) is 0 Å². The lowest BCUT2D eigenvalue weighted by molar-refractivity contribution is -0.129. The second kappa shape index (κ2) is 8.98. The predicted octanol–water partition coefficient (Wildman–Crippen LogP) is 2.90. The first-order chi connectivity index (χ1) is 14.6. The van der Waals surface area contributed by atoms with Crippen molar-refractivity contribution in [1.29, 1.82) is 0 Å². The van der Waals surface area contributed by atoms with Crippen molar-refractivity contribution in [2.75, 3.05) is 37.6 Å². The maximum Gasteiger partial charge on any atom is 0.327 e. The number of benzene rings is 2. The molecule has 7 nitrogen and oxygen atoms in total. The van der Waals surface area contributed by atoms with Crippen LogP contribution in [-0.4, -0.2) is 59.1 Å². The number of nitrogens with one attached hydrogen (secondary N) is 1. The molecule has 4 rings (SSSR count). The Morgan fingerprint density at radius 1 is 1.00 bits per heavy atom. The number of nitrogens with zero attached hydrogens (tertiary/aromatic N) is 4. The standard InChI is InChI=1S/C23H27N5O2/c1-18(29)26-13-15-27(16-14-26)20-10-5-11-21-22(20)25-17-28(21)23(30)24-12-6-9-19-7-3-2-4-8-19/h2-5,7-8,10-11,17H,6,9,12-16H2,1H3,(H,24,30). The molecule has 0 bridgehead atoms. The highest BCUT2D eigenvalue weighted by Gasteiger charge is 2.21. The van der Waals surface area contributed by atoms with E-state index in [9.17, 15) is 9.59 Å². The van der Waals surface area contributed by atoms with Crippen molar-refractivity contribution < 1.29 is 9.59 Å². The largest absolute Gasteiger partial charge is 0.366 e. The monoisotopic (exact) mass is 405 g/mol. The zero-order chi connectivity index (χ0) is 20.9. The van der Waals surface area contributed by atoms with E-state index < -0.39 is 0 Å². The molecule has 1 fully saturated rings. The van der Waals surface area contributed by atoms with Crippen LogP contribution in [0.1, 0.15) is 18.9 Å². The molecule has 0 spiro atoms. The van der Waals surface area contributed by atoms with Crippen molar-refractivity contribution in [3.63, 3.8) is 0 Å². The molecule has 0 atom stereocenters. The van der Waals surface area contributed by atoms with Crippen LogP contribution in [0, 0.1) is 0 Å². The molecular weight excluding hydrogens is 378 g/mol. The molecule has 2 heterocycles. The Morgan fingerprint density at radius 2 is 1.77 bits per heavy atom.